The standard InChI is InChI=1S/C22H24N2O4/c1-24-12-10-18(11-13-24)27-17-8-6-16(7-9-17)23-22(25)20-14-15-4-3-5-19(26-2)21(15)28-20/h3-9,14,18H,10-13H2,1-2H3,(H,23,25). The number of furan rings is 1. The number of hydrogen-bond donors (Lipinski definition) is 1. The summed E-state index contributed by atoms with van der Waals surface area (Å²) >= 11 is 0. The van der Waals surface area contributed by atoms with Crippen molar-refractivity contribution in [1.29, 1.82) is 0 Å². The molecule has 1 saturated heterocycles. The molecule has 6 nitrogen and oxygen atoms in total. The Morgan fingerprint density at radius 1 is 1.14 bits per heavy atom. The molecule has 1 fully saturated rings. The number of para-hydroxylation sites is 1. The lowest BCUT2D eigenvalue weighted by atomic mass is 10.1. The molecule has 1 aromatic heterocycles. The molecule has 3 aromatic rings. The number of carbonyl (C=O) groups is 1. The predicted molar refractivity (Wildman–Crippen MR) is 108 cm³/mol. The molecular weight excluding hydrogens is 356 g/mol. The first-order valence-corrected chi connectivity index (χ1v) is 9.45. The predicted octanol–water partition coefficient (Wildman–Crippen LogP) is 4.17. The van der Waals surface area contributed by atoms with Crippen LogP contribution >= 0.6 is 0 Å². The van der Waals surface area contributed by atoms with E-state index in [1.807, 2.05) is 36.4 Å². The molecule has 1 aliphatic rings. The lowest BCUT2D eigenvalue weighted by molar-refractivity contribution is 0.0998. The minimum atomic E-state index is -0.303. The SMILES string of the molecule is COc1cccc2cc(C(=O)Nc3ccc(OC4CCN(C)CC4)cc3)oc12. The van der Waals surface area contributed by atoms with Crippen LogP contribution < -0.4 is 14.8 Å². The molecule has 1 amide bonds. The first-order valence-electron chi connectivity index (χ1n) is 9.45. The van der Waals surface area contributed by atoms with Crippen LogP contribution in [-0.2, 0) is 0 Å². The first-order chi connectivity index (χ1) is 13.6. The fourth-order valence-corrected chi connectivity index (χ4v) is 3.41. The van der Waals surface area contributed by atoms with Gasteiger partial charge in [0.2, 0.25) is 0 Å². The van der Waals surface area contributed by atoms with Crippen molar-refractivity contribution in [3.05, 3.63) is 54.3 Å². The van der Waals surface area contributed by atoms with Gasteiger partial charge in [0.25, 0.3) is 5.91 Å². The second-order valence-corrected chi connectivity index (χ2v) is 7.09. The molecule has 0 bridgehead atoms. The number of carbonyl (C=O) groups excluding carboxylic acids is 1. The van der Waals surface area contributed by atoms with Crippen LogP contribution in [0.4, 0.5) is 5.69 Å². The maximum atomic E-state index is 12.5. The van der Waals surface area contributed by atoms with Crippen molar-refractivity contribution in [3.8, 4) is 11.5 Å². The van der Waals surface area contributed by atoms with Crippen molar-refractivity contribution in [2.75, 3.05) is 32.6 Å². The fourth-order valence-electron chi connectivity index (χ4n) is 3.41. The number of fused-ring (bicyclic) bond motifs is 1. The molecular formula is C22H24N2O4. The molecule has 0 radical (unpaired) electrons. The van der Waals surface area contributed by atoms with Crippen molar-refractivity contribution < 1.29 is 18.7 Å². The molecule has 28 heavy (non-hydrogen) atoms. The maximum Gasteiger partial charge on any atom is 0.291 e. The Hall–Kier alpha value is -2.99. The Bertz CT molecular complexity index is 956. The number of anilines is 1. The second-order valence-electron chi connectivity index (χ2n) is 7.09. The molecule has 1 aliphatic heterocycles. The molecule has 0 spiro atoms. The van der Waals surface area contributed by atoms with E-state index in [-0.39, 0.29) is 17.8 Å². The summed E-state index contributed by atoms with van der Waals surface area (Å²) in [7, 11) is 3.71. The third-order valence-electron chi connectivity index (χ3n) is 5.03. The smallest absolute Gasteiger partial charge is 0.291 e. The van der Waals surface area contributed by atoms with Gasteiger partial charge in [0, 0.05) is 24.2 Å². The second kappa shape index (κ2) is 7.94. The minimum Gasteiger partial charge on any atom is -0.493 e. The highest BCUT2D eigenvalue weighted by molar-refractivity contribution is 6.05. The zero-order valence-corrected chi connectivity index (χ0v) is 16.1. The number of nitrogens with one attached hydrogen (secondary N) is 1. The summed E-state index contributed by atoms with van der Waals surface area (Å²) in [6, 6.07) is 14.7. The summed E-state index contributed by atoms with van der Waals surface area (Å²) in [5.41, 5.74) is 1.25. The van der Waals surface area contributed by atoms with E-state index in [4.69, 9.17) is 13.9 Å². The average Bonchev–Trinajstić information content (AvgIpc) is 3.16. The van der Waals surface area contributed by atoms with Crippen molar-refractivity contribution in [2.24, 2.45) is 0 Å². The van der Waals surface area contributed by atoms with E-state index in [0.29, 0.717) is 17.0 Å². The van der Waals surface area contributed by atoms with Gasteiger partial charge in [0.15, 0.2) is 17.1 Å². The molecule has 0 unspecified atom stereocenters. The van der Waals surface area contributed by atoms with Gasteiger partial charge in [-0.25, -0.2) is 0 Å². The number of nitrogens with zero attached hydrogens (tertiary/aromatic N) is 1. The van der Waals surface area contributed by atoms with Crippen LogP contribution in [0.25, 0.3) is 11.0 Å². The summed E-state index contributed by atoms with van der Waals surface area (Å²) in [6.45, 7) is 2.11. The summed E-state index contributed by atoms with van der Waals surface area (Å²) in [6.07, 6.45) is 2.32. The number of amides is 1. The monoisotopic (exact) mass is 380 g/mol. The van der Waals surface area contributed by atoms with Crippen LogP contribution in [0.2, 0.25) is 0 Å². The topological polar surface area (TPSA) is 63.9 Å². The minimum absolute atomic E-state index is 0.242. The van der Waals surface area contributed by atoms with Gasteiger partial charge in [-0.3, -0.25) is 4.79 Å². The average molecular weight is 380 g/mol. The molecule has 2 heterocycles. The lowest BCUT2D eigenvalue weighted by Gasteiger charge is -2.29. The van der Waals surface area contributed by atoms with Gasteiger partial charge in [-0.2, -0.15) is 0 Å². The molecule has 6 heteroatoms. The van der Waals surface area contributed by atoms with Gasteiger partial charge in [0.05, 0.1) is 7.11 Å². The van der Waals surface area contributed by atoms with E-state index in [2.05, 4.69) is 17.3 Å². The van der Waals surface area contributed by atoms with Crippen LogP contribution in [0.1, 0.15) is 23.4 Å². The number of rotatable bonds is 5. The first kappa shape index (κ1) is 18.4. The third-order valence-corrected chi connectivity index (χ3v) is 5.03. The van der Waals surface area contributed by atoms with Crippen molar-refractivity contribution in [2.45, 2.75) is 18.9 Å². The van der Waals surface area contributed by atoms with Gasteiger partial charge < -0.3 is 24.1 Å². The third kappa shape index (κ3) is 3.97. The van der Waals surface area contributed by atoms with Crippen LogP contribution in [0.15, 0.2) is 52.9 Å². The van der Waals surface area contributed by atoms with Crippen LogP contribution in [0.5, 0.6) is 11.5 Å². The van der Waals surface area contributed by atoms with Gasteiger partial charge in [-0.05, 0) is 56.3 Å². The van der Waals surface area contributed by atoms with Gasteiger partial charge in [-0.15, -0.1) is 0 Å². The van der Waals surface area contributed by atoms with Crippen LogP contribution in [0.3, 0.4) is 0 Å². The highest BCUT2D eigenvalue weighted by Crippen LogP contribution is 2.29. The summed E-state index contributed by atoms with van der Waals surface area (Å²) in [4.78, 5) is 14.8. The molecule has 0 saturated carbocycles. The fraction of sp³-hybridized carbons (Fsp3) is 0.318. The van der Waals surface area contributed by atoms with Gasteiger partial charge >= 0.3 is 0 Å². The van der Waals surface area contributed by atoms with E-state index in [9.17, 15) is 4.79 Å². The zero-order chi connectivity index (χ0) is 19.5. The Kier molecular flexibility index (Phi) is 5.21. The molecule has 146 valence electrons. The Labute approximate surface area is 164 Å². The van der Waals surface area contributed by atoms with E-state index in [0.717, 1.165) is 37.1 Å². The summed E-state index contributed by atoms with van der Waals surface area (Å²) in [5, 5.41) is 3.68. The number of likely N-dealkylation sites (tertiary alicyclic amines) is 1. The molecule has 2 aromatic carbocycles. The largest absolute Gasteiger partial charge is 0.493 e. The number of methoxy groups -OCH3 is 1. The van der Waals surface area contributed by atoms with E-state index >= 15 is 0 Å². The van der Waals surface area contributed by atoms with Crippen molar-refractivity contribution in [1.82, 2.24) is 4.90 Å². The molecule has 0 aliphatic carbocycles. The number of ether oxygens (including phenoxy) is 2. The maximum absolute atomic E-state index is 12.5. The van der Waals surface area contributed by atoms with Gasteiger partial charge in [0.1, 0.15) is 11.9 Å². The Balaban J connectivity index is 1.41. The zero-order valence-electron chi connectivity index (χ0n) is 16.1. The van der Waals surface area contributed by atoms with Crippen molar-refractivity contribution >= 4 is 22.6 Å². The quantitative estimate of drug-likeness (QED) is 0.720. The van der Waals surface area contributed by atoms with Crippen molar-refractivity contribution in [3.63, 3.8) is 0 Å². The summed E-state index contributed by atoms with van der Waals surface area (Å²) in [5.74, 6) is 1.36. The molecule has 1 N–H and O–H groups in total. The highest BCUT2D eigenvalue weighted by atomic mass is 16.5. The molecule has 4 rings (SSSR count). The van der Waals surface area contributed by atoms with E-state index < -0.39 is 0 Å². The number of benzene rings is 2. The van der Waals surface area contributed by atoms with Gasteiger partial charge in [-0.1, -0.05) is 12.1 Å². The lowest BCUT2D eigenvalue weighted by Crippen LogP contribution is -2.35. The number of piperidine rings is 1. The van der Waals surface area contributed by atoms with Crippen LogP contribution in [-0.4, -0.2) is 44.2 Å². The van der Waals surface area contributed by atoms with E-state index in [1.54, 1.807) is 19.2 Å². The van der Waals surface area contributed by atoms with E-state index in [1.165, 1.54) is 0 Å². The number of hydrogen-bond acceptors (Lipinski definition) is 5. The Morgan fingerprint density at radius 2 is 1.89 bits per heavy atom. The summed E-state index contributed by atoms with van der Waals surface area (Å²) < 4.78 is 17.0. The Morgan fingerprint density at radius 3 is 2.61 bits per heavy atom. The molecule has 0 atom stereocenters. The van der Waals surface area contributed by atoms with Crippen LogP contribution in [0, 0.1) is 0 Å². The highest BCUT2D eigenvalue weighted by Gasteiger charge is 2.18. The normalized spacial score (nSPS) is 15.5.